The third kappa shape index (κ3) is 3.14. The summed E-state index contributed by atoms with van der Waals surface area (Å²) in [6.45, 7) is 5.09. The molecule has 0 unspecified atom stereocenters. The smallest absolute Gasteiger partial charge is 0.328 e. The lowest BCUT2D eigenvalue weighted by molar-refractivity contribution is 0.185. The van der Waals surface area contributed by atoms with Crippen molar-refractivity contribution in [2.24, 2.45) is 0 Å². The zero-order chi connectivity index (χ0) is 16.1. The van der Waals surface area contributed by atoms with Crippen LogP contribution in [0.25, 0.3) is 10.9 Å². The Hall–Kier alpha value is -2.28. The van der Waals surface area contributed by atoms with Crippen molar-refractivity contribution in [2.45, 2.75) is 20.4 Å². The van der Waals surface area contributed by atoms with E-state index in [0.717, 1.165) is 4.57 Å². The Morgan fingerprint density at radius 3 is 2.32 bits per heavy atom. The lowest BCUT2D eigenvalue weighted by Gasteiger charge is -2.12. The zero-order valence-corrected chi connectivity index (χ0v) is 13.0. The van der Waals surface area contributed by atoms with Gasteiger partial charge in [0.05, 0.1) is 37.3 Å². The summed E-state index contributed by atoms with van der Waals surface area (Å²) in [6.07, 6.45) is 0. The molecule has 7 heteroatoms. The highest BCUT2D eigenvalue weighted by Crippen LogP contribution is 2.30. The number of methoxy groups -OCH3 is 1. The maximum atomic E-state index is 12.5. The molecular weight excluding hydrogens is 288 g/mol. The molecule has 0 amide bonds. The molecule has 120 valence electrons. The SMILES string of the molecule is CCOc1cc2[nH]c(=O)n(CCOC)c(=O)c2cc1OCC. The predicted molar refractivity (Wildman–Crippen MR) is 83.0 cm³/mol. The van der Waals surface area contributed by atoms with Crippen LogP contribution in [-0.4, -0.2) is 36.5 Å². The van der Waals surface area contributed by atoms with Crippen LogP contribution in [0, 0.1) is 0 Å². The number of aromatic amines is 1. The molecule has 0 saturated heterocycles. The van der Waals surface area contributed by atoms with Crippen LogP contribution >= 0.6 is 0 Å². The van der Waals surface area contributed by atoms with E-state index in [9.17, 15) is 9.59 Å². The van der Waals surface area contributed by atoms with E-state index in [1.165, 1.54) is 7.11 Å². The van der Waals surface area contributed by atoms with E-state index in [1.54, 1.807) is 12.1 Å². The third-order valence-electron chi connectivity index (χ3n) is 3.16. The van der Waals surface area contributed by atoms with Crippen LogP contribution in [0.1, 0.15) is 13.8 Å². The number of rotatable bonds is 7. The third-order valence-corrected chi connectivity index (χ3v) is 3.16. The van der Waals surface area contributed by atoms with Crippen molar-refractivity contribution >= 4 is 10.9 Å². The summed E-state index contributed by atoms with van der Waals surface area (Å²) in [5.41, 5.74) is -0.420. The second-order valence-electron chi connectivity index (χ2n) is 4.59. The van der Waals surface area contributed by atoms with Gasteiger partial charge in [-0.05, 0) is 19.9 Å². The van der Waals surface area contributed by atoms with Crippen LogP contribution in [0.5, 0.6) is 11.5 Å². The first-order valence-electron chi connectivity index (χ1n) is 7.17. The van der Waals surface area contributed by atoms with Crippen molar-refractivity contribution in [1.82, 2.24) is 9.55 Å². The van der Waals surface area contributed by atoms with Gasteiger partial charge in [-0.3, -0.25) is 9.36 Å². The molecule has 1 heterocycles. The fraction of sp³-hybridized carbons (Fsp3) is 0.467. The lowest BCUT2D eigenvalue weighted by Crippen LogP contribution is -2.36. The average molecular weight is 308 g/mol. The Morgan fingerprint density at radius 1 is 1.09 bits per heavy atom. The highest BCUT2D eigenvalue weighted by atomic mass is 16.5. The van der Waals surface area contributed by atoms with Gasteiger partial charge in [0.25, 0.3) is 5.56 Å². The van der Waals surface area contributed by atoms with Crippen molar-refractivity contribution in [2.75, 3.05) is 26.9 Å². The van der Waals surface area contributed by atoms with Gasteiger partial charge in [0.1, 0.15) is 0 Å². The van der Waals surface area contributed by atoms with Crippen molar-refractivity contribution < 1.29 is 14.2 Å². The summed E-state index contributed by atoms with van der Waals surface area (Å²) >= 11 is 0. The van der Waals surface area contributed by atoms with Crippen molar-refractivity contribution in [1.29, 1.82) is 0 Å². The molecule has 0 aliphatic heterocycles. The van der Waals surface area contributed by atoms with E-state index >= 15 is 0 Å². The van der Waals surface area contributed by atoms with Crippen LogP contribution < -0.4 is 20.7 Å². The molecule has 1 aromatic carbocycles. The molecule has 0 saturated carbocycles. The van der Waals surface area contributed by atoms with E-state index in [0.29, 0.717) is 35.6 Å². The molecular formula is C15H20N2O5. The summed E-state index contributed by atoms with van der Waals surface area (Å²) in [6, 6.07) is 3.22. The Bertz CT molecular complexity index is 763. The number of benzene rings is 1. The number of ether oxygens (including phenoxy) is 3. The fourth-order valence-electron chi connectivity index (χ4n) is 2.18. The van der Waals surface area contributed by atoms with Crippen molar-refractivity contribution in [3.8, 4) is 11.5 Å². The first-order chi connectivity index (χ1) is 10.6. The largest absolute Gasteiger partial charge is 0.490 e. The quantitative estimate of drug-likeness (QED) is 0.829. The van der Waals surface area contributed by atoms with Crippen molar-refractivity contribution in [3.63, 3.8) is 0 Å². The van der Waals surface area contributed by atoms with Crippen LogP contribution in [0.15, 0.2) is 21.7 Å². The molecule has 22 heavy (non-hydrogen) atoms. The van der Waals surface area contributed by atoms with E-state index in [2.05, 4.69) is 4.98 Å². The number of hydrogen-bond acceptors (Lipinski definition) is 5. The van der Waals surface area contributed by atoms with Gasteiger partial charge in [0.2, 0.25) is 0 Å². The number of hydrogen-bond donors (Lipinski definition) is 1. The predicted octanol–water partition coefficient (Wildman–Crippen LogP) is 1.13. The molecule has 0 fully saturated rings. The van der Waals surface area contributed by atoms with Gasteiger partial charge >= 0.3 is 5.69 Å². The molecule has 0 aliphatic carbocycles. The minimum absolute atomic E-state index is 0.192. The first-order valence-corrected chi connectivity index (χ1v) is 7.17. The normalized spacial score (nSPS) is 10.9. The second kappa shape index (κ2) is 7.13. The monoisotopic (exact) mass is 308 g/mol. The van der Waals surface area contributed by atoms with E-state index in [4.69, 9.17) is 14.2 Å². The first kappa shape index (κ1) is 16.1. The van der Waals surface area contributed by atoms with Crippen LogP contribution in [-0.2, 0) is 11.3 Å². The summed E-state index contributed by atoms with van der Waals surface area (Å²) in [4.78, 5) is 27.2. The molecule has 2 aromatic rings. The minimum atomic E-state index is -0.471. The van der Waals surface area contributed by atoms with Crippen LogP contribution in [0.3, 0.4) is 0 Å². The molecule has 2 rings (SSSR count). The molecule has 0 radical (unpaired) electrons. The van der Waals surface area contributed by atoms with Gasteiger partial charge < -0.3 is 19.2 Å². The van der Waals surface area contributed by atoms with E-state index in [1.807, 2.05) is 13.8 Å². The van der Waals surface area contributed by atoms with Crippen LogP contribution in [0.2, 0.25) is 0 Å². The van der Waals surface area contributed by atoms with Gasteiger partial charge in [0.15, 0.2) is 11.5 Å². The van der Waals surface area contributed by atoms with Gasteiger partial charge in [-0.2, -0.15) is 0 Å². The van der Waals surface area contributed by atoms with Gasteiger partial charge in [-0.1, -0.05) is 0 Å². The standard InChI is InChI=1S/C15H20N2O5/c1-4-21-12-8-10-11(9-13(12)22-5-2)16-15(19)17(14(10)18)6-7-20-3/h8-9H,4-7H2,1-3H3,(H,16,19). The summed E-state index contributed by atoms with van der Waals surface area (Å²) in [7, 11) is 1.52. The molecule has 0 aliphatic rings. The summed E-state index contributed by atoms with van der Waals surface area (Å²) < 4.78 is 17.0. The maximum Gasteiger partial charge on any atom is 0.328 e. The number of fused-ring (bicyclic) bond motifs is 1. The summed E-state index contributed by atoms with van der Waals surface area (Å²) in [5.74, 6) is 0.987. The second-order valence-corrected chi connectivity index (χ2v) is 4.59. The van der Waals surface area contributed by atoms with Gasteiger partial charge in [-0.15, -0.1) is 0 Å². The molecule has 0 spiro atoms. The maximum absolute atomic E-state index is 12.5. The number of nitrogens with one attached hydrogen (secondary N) is 1. The lowest BCUT2D eigenvalue weighted by atomic mass is 10.2. The number of aromatic nitrogens is 2. The minimum Gasteiger partial charge on any atom is -0.490 e. The molecule has 0 atom stereocenters. The Labute approximate surface area is 127 Å². The highest BCUT2D eigenvalue weighted by molar-refractivity contribution is 5.81. The molecule has 1 aromatic heterocycles. The summed E-state index contributed by atoms with van der Waals surface area (Å²) in [5, 5.41) is 0.377. The fourth-order valence-corrected chi connectivity index (χ4v) is 2.18. The van der Waals surface area contributed by atoms with Crippen LogP contribution in [0.4, 0.5) is 0 Å². The topological polar surface area (TPSA) is 82.5 Å². The highest BCUT2D eigenvalue weighted by Gasteiger charge is 2.13. The number of nitrogens with zero attached hydrogens (tertiary/aromatic N) is 1. The Morgan fingerprint density at radius 2 is 1.73 bits per heavy atom. The van der Waals surface area contributed by atoms with Crippen molar-refractivity contribution in [3.05, 3.63) is 33.0 Å². The van der Waals surface area contributed by atoms with Gasteiger partial charge in [-0.25, -0.2) is 4.79 Å². The number of H-pyrrole nitrogens is 1. The van der Waals surface area contributed by atoms with E-state index in [-0.39, 0.29) is 18.7 Å². The molecule has 7 nitrogen and oxygen atoms in total. The average Bonchev–Trinajstić information content (AvgIpc) is 2.49. The zero-order valence-electron chi connectivity index (χ0n) is 13.0. The Balaban J connectivity index is 2.65. The molecule has 0 bridgehead atoms. The Kier molecular flexibility index (Phi) is 5.21. The molecule has 1 N–H and O–H groups in total. The van der Waals surface area contributed by atoms with E-state index < -0.39 is 5.69 Å². The van der Waals surface area contributed by atoms with Gasteiger partial charge in [0, 0.05) is 13.2 Å².